The van der Waals surface area contributed by atoms with Gasteiger partial charge in [-0.25, -0.2) is 0 Å². The average Bonchev–Trinajstić information content (AvgIpc) is 2.29. The van der Waals surface area contributed by atoms with Crippen molar-refractivity contribution in [2.75, 3.05) is 27.2 Å². The Morgan fingerprint density at radius 1 is 1.24 bits per heavy atom. The highest BCUT2D eigenvalue weighted by Gasteiger charge is 2.36. The Kier molecular flexibility index (Phi) is 5.12. The fourth-order valence-corrected chi connectivity index (χ4v) is 2.39. The Bertz CT molecular complexity index is 280. The maximum Gasteiger partial charge on any atom is 0.316 e. The largest absolute Gasteiger partial charge is 0.468 e. The third-order valence-corrected chi connectivity index (χ3v) is 3.55. The van der Waals surface area contributed by atoms with E-state index in [0.717, 1.165) is 25.9 Å². The number of carbonyl (C=O) groups is 2. The molecule has 0 radical (unpaired) electrons. The fraction of sp³-hybridized carbons (Fsp3) is 0.846. The van der Waals surface area contributed by atoms with Crippen LogP contribution in [0.2, 0.25) is 0 Å². The van der Waals surface area contributed by atoms with Crippen LogP contribution in [-0.4, -0.2) is 43.9 Å². The lowest BCUT2D eigenvalue weighted by Gasteiger charge is -2.30. The molecular formula is C13H23NO3. The van der Waals surface area contributed by atoms with E-state index < -0.39 is 5.92 Å². The number of piperidine rings is 1. The van der Waals surface area contributed by atoms with Gasteiger partial charge in [0.15, 0.2) is 5.78 Å². The third-order valence-electron chi connectivity index (χ3n) is 3.55. The minimum absolute atomic E-state index is 0.00889. The quantitative estimate of drug-likeness (QED) is 0.550. The molecular weight excluding hydrogens is 218 g/mol. The average molecular weight is 241 g/mol. The molecule has 0 N–H and O–H groups in total. The second kappa shape index (κ2) is 6.15. The van der Waals surface area contributed by atoms with E-state index in [-0.39, 0.29) is 23.6 Å². The number of rotatable bonds is 4. The molecule has 0 aromatic rings. The standard InChI is InChI=1S/C13H23NO3/c1-9(2)11(13(16)17-4)12(15)10-5-7-14(3)8-6-10/h9-11H,5-8H2,1-4H3. The monoisotopic (exact) mass is 241 g/mol. The molecule has 0 amide bonds. The van der Waals surface area contributed by atoms with Crippen molar-refractivity contribution in [1.29, 1.82) is 0 Å². The number of hydrogen-bond donors (Lipinski definition) is 0. The zero-order valence-corrected chi connectivity index (χ0v) is 11.2. The predicted octanol–water partition coefficient (Wildman–Crippen LogP) is 1.34. The summed E-state index contributed by atoms with van der Waals surface area (Å²) in [6.07, 6.45) is 1.71. The zero-order chi connectivity index (χ0) is 13.0. The summed E-state index contributed by atoms with van der Waals surface area (Å²) in [6.45, 7) is 5.66. The van der Waals surface area contributed by atoms with Crippen LogP contribution >= 0.6 is 0 Å². The van der Waals surface area contributed by atoms with Crippen molar-refractivity contribution in [3.05, 3.63) is 0 Å². The van der Waals surface area contributed by atoms with E-state index in [0.29, 0.717) is 0 Å². The van der Waals surface area contributed by atoms with Gasteiger partial charge in [0.1, 0.15) is 5.92 Å². The van der Waals surface area contributed by atoms with E-state index in [4.69, 9.17) is 4.74 Å². The molecule has 4 nitrogen and oxygen atoms in total. The molecule has 17 heavy (non-hydrogen) atoms. The topological polar surface area (TPSA) is 46.6 Å². The van der Waals surface area contributed by atoms with Gasteiger partial charge in [0.05, 0.1) is 7.11 Å². The number of likely N-dealkylation sites (tertiary alicyclic amines) is 1. The van der Waals surface area contributed by atoms with E-state index in [1.807, 2.05) is 13.8 Å². The van der Waals surface area contributed by atoms with Crippen molar-refractivity contribution in [3.63, 3.8) is 0 Å². The molecule has 98 valence electrons. The lowest BCUT2D eigenvalue weighted by atomic mass is 9.81. The summed E-state index contributed by atoms with van der Waals surface area (Å²) in [5.41, 5.74) is 0. The van der Waals surface area contributed by atoms with E-state index in [1.54, 1.807) is 0 Å². The lowest BCUT2D eigenvalue weighted by molar-refractivity contribution is -0.152. The summed E-state index contributed by atoms with van der Waals surface area (Å²) in [5, 5.41) is 0. The van der Waals surface area contributed by atoms with Crippen molar-refractivity contribution in [3.8, 4) is 0 Å². The highest BCUT2D eigenvalue weighted by Crippen LogP contribution is 2.25. The van der Waals surface area contributed by atoms with Crippen molar-refractivity contribution >= 4 is 11.8 Å². The molecule has 0 aliphatic carbocycles. The van der Waals surface area contributed by atoms with Gasteiger partial charge in [-0.15, -0.1) is 0 Å². The summed E-state index contributed by atoms with van der Waals surface area (Å²) in [5.74, 6) is -0.871. The maximum absolute atomic E-state index is 12.3. The number of esters is 1. The first-order valence-electron chi connectivity index (χ1n) is 6.27. The zero-order valence-electron chi connectivity index (χ0n) is 11.2. The Morgan fingerprint density at radius 3 is 2.18 bits per heavy atom. The van der Waals surface area contributed by atoms with Crippen LogP contribution in [-0.2, 0) is 14.3 Å². The molecule has 0 saturated carbocycles. The van der Waals surface area contributed by atoms with Gasteiger partial charge in [0.25, 0.3) is 0 Å². The summed E-state index contributed by atoms with van der Waals surface area (Å²) in [6, 6.07) is 0. The molecule has 1 fully saturated rings. The summed E-state index contributed by atoms with van der Waals surface area (Å²) < 4.78 is 4.74. The molecule has 1 atom stereocenters. The van der Waals surface area contributed by atoms with E-state index in [9.17, 15) is 9.59 Å². The number of Topliss-reactive ketones (excluding diaryl/α,β-unsaturated/α-hetero) is 1. The minimum atomic E-state index is -0.589. The summed E-state index contributed by atoms with van der Waals surface area (Å²) in [4.78, 5) is 26.2. The smallest absolute Gasteiger partial charge is 0.316 e. The Morgan fingerprint density at radius 2 is 1.76 bits per heavy atom. The van der Waals surface area contributed by atoms with Crippen LogP contribution in [0, 0.1) is 17.8 Å². The van der Waals surface area contributed by atoms with Crippen LogP contribution in [0.25, 0.3) is 0 Å². The first kappa shape index (κ1) is 14.2. The number of ether oxygens (including phenoxy) is 1. The van der Waals surface area contributed by atoms with Crippen LogP contribution in [0.1, 0.15) is 26.7 Å². The maximum atomic E-state index is 12.3. The molecule has 0 bridgehead atoms. The van der Waals surface area contributed by atoms with E-state index in [1.165, 1.54) is 7.11 Å². The molecule has 1 aliphatic heterocycles. The number of nitrogens with zero attached hydrogens (tertiary/aromatic N) is 1. The Labute approximate surface area is 103 Å². The number of hydrogen-bond acceptors (Lipinski definition) is 4. The van der Waals surface area contributed by atoms with Crippen LogP contribution in [0.3, 0.4) is 0 Å². The number of ketones is 1. The molecule has 1 rings (SSSR count). The molecule has 1 saturated heterocycles. The third kappa shape index (κ3) is 3.53. The SMILES string of the molecule is COC(=O)C(C(=O)C1CCN(C)CC1)C(C)C. The normalized spacial score (nSPS) is 20.3. The second-order valence-electron chi connectivity index (χ2n) is 5.22. The van der Waals surface area contributed by atoms with Gasteiger partial charge >= 0.3 is 5.97 Å². The number of methoxy groups -OCH3 is 1. The van der Waals surface area contributed by atoms with Crippen LogP contribution in [0.5, 0.6) is 0 Å². The minimum Gasteiger partial charge on any atom is -0.468 e. The summed E-state index contributed by atoms with van der Waals surface area (Å²) >= 11 is 0. The lowest BCUT2D eigenvalue weighted by Crippen LogP contribution is -2.40. The molecule has 1 heterocycles. The van der Waals surface area contributed by atoms with Crippen LogP contribution in [0.15, 0.2) is 0 Å². The van der Waals surface area contributed by atoms with Crippen molar-refractivity contribution in [2.45, 2.75) is 26.7 Å². The van der Waals surface area contributed by atoms with Gasteiger partial charge in [0.2, 0.25) is 0 Å². The molecule has 1 aliphatic rings. The molecule has 4 heteroatoms. The van der Waals surface area contributed by atoms with Gasteiger partial charge in [0, 0.05) is 5.92 Å². The van der Waals surface area contributed by atoms with E-state index in [2.05, 4.69) is 11.9 Å². The second-order valence-corrected chi connectivity index (χ2v) is 5.22. The highest BCUT2D eigenvalue weighted by atomic mass is 16.5. The van der Waals surface area contributed by atoms with Crippen molar-refractivity contribution in [2.24, 2.45) is 17.8 Å². The Balaban J connectivity index is 2.68. The van der Waals surface area contributed by atoms with Gasteiger partial charge in [-0.3, -0.25) is 9.59 Å². The Hall–Kier alpha value is -0.900. The first-order valence-corrected chi connectivity index (χ1v) is 6.27. The van der Waals surface area contributed by atoms with Crippen molar-refractivity contribution < 1.29 is 14.3 Å². The van der Waals surface area contributed by atoms with Crippen molar-refractivity contribution in [1.82, 2.24) is 4.90 Å². The molecule has 0 spiro atoms. The van der Waals surface area contributed by atoms with Crippen LogP contribution < -0.4 is 0 Å². The fourth-order valence-electron chi connectivity index (χ4n) is 2.39. The highest BCUT2D eigenvalue weighted by molar-refractivity contribution is 6.00. The van der Waals surface area contributed by atoms with Gasteiger partial charge in [-0.1, -0.05) is 13.8 Å². The van der Waals surface area contributed by atoms with Gasteiger partial charge in [-0.2, -0.15) is 0 Å². The molecule has 0 aromatic heterocycles. The molecule has 0 aromatic carbocycles. The number of carbonyl (C=O) groups excluding carboxylic acids is 2. The first-order chi connectivity index (χ1) is 7.97. The van der Waals surface area contributed by atoms with Gasteiger partial charge < -0.3 is 9.64 Å². The predicted molar refractivity (Wildman–Crippen MR) is 65.6 cm³/mol. The van der Waals surface area contributed by atoms with Gasteiger partial charge in [-0.05, 0) is 38.9 Å². The molecule has 1 unspecified atom stereocenters. The van der Waals surface area contributed by atoms with E-state index >= 15 is 0 Å². The van der Waals surface area contributed by atoms with Crippen LogP contribution in [0.4, 0.5) is 0 Å². The summed E-state index contributed by atoms with van der Waals surface area (Å²) in [7, 11) is 3.40.